The predicted octanol–water partition coefficient (Wildman–Crippen LogP) is 1.56. The van der Waals surface area contributed by atoms with Gasteiger partial charge in [-0.1, -0.05) is 6.92 Å². The minimum absolute atomic E-state index is 0.158. The molecule has 2 rings (SSSR count). The van der Waals surface area contributed by atoms with Crippen molar-refractivity contribution in [2.24, 2.45) is 5.92 Å². The molecular weight excluding hydrogens is 296 g/mol. The number of hydrogen-bond acceptors (Lipinski definition) is 5. The Hall–Kier alpha value is -0.470. The van der Waals surface area contributed by atoms with E-state index in [4.69, 9.17) is 4.74 Å². The summed E-state index contributed by atoms with van der Waals surface area (Å²) >= 11 is 1.27. The van der Waals surface area contributed by atoms with Crippen LogP contribution in [-0.4, -0.2) is 34.7 Å². The zero-order valence-corrected chi connectivity index (χ0v) is 13.5. The lowest BCUT2D eigenvalue weighted by atomic mass is 10.2. The molecule has 1 aliphatic carbocycles. The number of sulfonamides is 1. The average Bonchev–Trinajstić information content (AvgIpc) is 3.11. The second kappa shape index (κ2) is 7.00. The maximum atomic E-state index is 12.1. The van der Waals surface area contributed by atoms with Crippen molar-refractivity contribution in [2.75, 3.05) is 20.3 Å². The van der Waals surface area contributed by atoms with Crippen LogP contribution >= 0.6 is 11.3 Å². The van der Waals surface area contributed by atoms with E-state index in [0.717, 1.165) is 12.1 Å². The smallest absolute Gasteiger partial charge is 0.250 e. The van der Waals surface area contributed by atoms with Gasteiger partial charge < -0.3 is 10.1 Å². The molecule has 1 unspecified atom stereocenters. The molecule has 0 radical (unpaired) electrons. The van der Waals surface area contributed by atoms with Crippen molar-refractivity contribution in [2.45, 2.75) is 36.6 Å². The summed E-state index contributed by atoms with van der Waals surface area (Å²) in [5.41, 5.74) is 1.03. The van der Waals surface area contributed by atoms with Gasteiger partial charge in [0.2, 0.25) is 10.0 Å². The highest BCUT2D eigenvalue weighted by Crippen LogP contribution is 2.23. The molecule has 7 heteroatoms. The van der Waals surface area contributed by atoms with Gasteiger partial charge >= 0.3 is 0 Å². The van der Waals surface area contributed by atoms with Crippen LogP contribution in [0, 0.1) is 5.92 Å². The first-order valence-electron chi connectivity index (χ1n) is 6.80. The van der Waals surface area contributed by atoms with Crippen molar-refractivity contribution in [1.82, 2.24) is 10.0 Å². The van der Waals surface area contributed by atoms with E-state index in [2.05, 4.69) is 10.0 Å². The number of methoxy groups -OCH3 is 1. The van der Waals surface area contributed by atoms with E-state index >= 15 is 0 Å². The molecule has 5 nitrogen and oxygen atoms in total. The molecule has 20 heavy (non-hydrogen) atoms. The van der Waals surface area contributed by atoms with Crippen molar-refractivity contribution < 1.29 is 13.2 Å². The molecule has 1 aromatic heterocycles. The lowest BCUT2D eigenvalue weighted by Gasteiger charge is -2.10. The van der Waals surface area contributed by atoms with Crippen molar-refractivity contribution in [3.63, 3.8) is 0 Å². The normalized spacial score (nSPS) is 17.3. The van der Waals surface area contributed by atoms with E-state index in [1.54, 1.807) is 13.2 Å². The first-order chi connectivity index (χ1) is 9.51. The zero-order chi connectivity index (χ0) is 14.6. The van der Waals surface area contributed by atoms with Crippen LogP contribution in [-0.2, 0) is 21.3 Å². The Morgan fingerprint density at radius 2 is 2.25 bits per heavy atom. The second-order valence-electron chi connectivity index (χ2n) is 5.34. The molecule has 1 heterocycles. The maximum Gasteiger partial charge on any atom is 0.250 e. The van der Waals surface area contributed by atoms with Crippen LogP contribution in [0.3, 0.4) is 0 Å². The van der Waals surface area contributed by atoms with Gasteiger partial charge in [-0.05, 0) is 35.8 Å². The molecule has 0 bridgehead atoms. The van der Waals surface area contributed by atoms with Crippen LogP contribution < -0.4 is 10.0 Å². The fraction of sp³-hybridized carbons (Fsp3) is 0.692. The molecule has 2 N–H and O–H groups in total. The largest absolute Gasteiger partial charge is 0.384 e. The van der Waals surface area contributed by atoms with Crippen molar-refractivity contribution in [1.29, 1.82) is 0 Å². The van der Waals surface area contributed by atoms with Gasteiger partial charge in [0, 0.05) is 32.8 Å². The van der Waals surface area contributed by atoms with E-state index in [1.165, 1.54) is 24.2 Å². The van der Waals surface area contributed by atoms with Gasteiger partial charge in [0.15, 0.2) is 0 Å². The SMILES string of the molecule is COCC(C)CNS(=O)(=O)c1cc(CNC2CC2)cs1. The highest BCUT2D eigenvalue weighted by atomic mass is 32.2. The van der Waals surface area contributed by atoms with Crippen molar-refractivity contribution >= 4 is 21.4 Å². The van der Waals surface area contributed by atoms with E-state index in [-0.39, 0.29) is 5.92 Å². The van der Waals surface area contributed by atoms with Crippen LogP contribution in [0.2, 0.25) is 0 Å². The number of nitrogens with one attached hydrogen (secondary N) is 2. The summed E-state index contributed by atoms with van der Waals surface area (Å²) in [6.07, 6.45) is 2.46. The van der Waals surface area contributed by atoms with Crippen LogP contribution in [0.5, 0.6) is 0 Å². The van der Waals surface area contributed by atoms with Gasteiger partial charge in [0.1, 0.15) is 4.21 Å². The standard InChI is InChI=1S/C13H22N2O3S2/c1-10(8-18-2)6-15-20(16,17)13-5-11(9-19-13)7-14-12-3-4-12/h5,9-10,12,14-15H,3-4,6-8H2,1-2H3. The van der Waals surface area contributed by atoms with Gasteiger partial charge in [-0.2, -0.15) is 0 Å². The van der Waals surface area contributed by atoms with Gasteiger partial charge in [0.25, 0.3) is 0 Å². The summed E-state index contributed by atoms with van der Waals surface area (Å²) in [5.74, 6) is 0.158. The van der Waals surface area contributed by atoms with Gasteiger partial charge in [0.05, 0.1) is 0 Å². The number of rotatable bonds is 9. The summed E-state index contributed by atoms with van der Waals surface area (Å²) in [6, 6.07) is 2.38. The summed E-state index contributed by atoms with van der Waals surface area (Å²) in [6.45, 7) is 3.63. The molecule has 1 fully saturated rings. The Bertz CT molecular complexity index is 523. The molecule has 0 amide bonds. The van der Waals surface area contributed by atoms with Gasteiger partial charge in [-0.3, -0.25) is 0 Å². The first-order valence-corrected chi connectivity index (χ1v) is 9.17. The van der Waals surface area contributed by atoms with Crippen molar-refractivity contribution in [3.8, 4) is 0 Å². The van der Waals surface area contributed by atoms with E-state index in [1.807, 2.05) is 12.3 Å². The van der Waals surface area contributed by atoms with Crippen LogP contribution in [0.1, 0.15) is 25.3 Å². The van der Waals surface area contributed by atoms with E-state index in [0.29, 0.717) is 23.4 Å². The third-order valence-electron chi connectivity index (χ3n) is 3.14. The van der Waals surface area contributed by atoms with Crippen LogP contribution in [0.25, 0.3) is 0 Å². The fourth-order valence-corrected chi connectivity index (χ4v) is 4.22. The van der Waals surface area contributed by atoms with E-state index in [9.17, 15) is 8.42 Å². The Balaban J connectivity index is 1.87. The highest BCUT2D eigenvalue weighted by molar-refractivity contribution is 7.91. The predicted molar refractivity (Wildman–Crippen MR) is 80.4 cm³/mol. The average molecular weight is 318 g/mol. The number of hydrogen-bond donors (Lipinski definition) is 2. The fourth-order valence-electron chi connectivity index (χ4n) is 1.80. The van der Waals surface area contributed by atoms with Crippen LogP contribution in [0.4, 0.5) is 0 Å². The topological polar surface area (TPSA) is 67.4 Å². The van der Waals surface area contributed by atoms with E-state index < -0.39 is 10.0 Å². The molecule has 1 aliphatic rings. The number of thiophene rings is 1. The minimum atomic E-state index is -3.39. The molecule has 1 atom stereocenters. The summed E-state index contributed by atoms with van der Waals surface area (Å²) in [7, 11) is -1.78. The highest BCUT2D eigenvalue weighted by Gasteiger charge is 2.21. The minimum Gasteiger partial charge on any atom is -0.384 e. The molecule has 1 saturated carbocycles. The zero-order valence-electron chi connectivity index (χ0n) is 11.9. The molecule has 0 saturated heterocycles. The summed E-state index contributed by atoms with van der Waals surface area (Å²) < 4.78 is 32.3. The molecule has 114 valence electrons. The third kappa shape index (κ3) is 4.82. The summed E-state index contributed by atoms with van der Waals surface area (Å²) in [5, 5.41) is 5.28. The molecule has 0 aromatic carbocycles. The maximum absolute atomic E-state index is 12.1. The van der Waals surface area contributed by atoms with Gasteiger partial charge in [-0.25, -0.2) is 13.1 Å². The first kappa shape index (κ1) is 15.9. The Kier molecular flexibility index (Phi) is 5.57. The second-order valence-corrected chi connectivity index (χ2v) is 8.25. The molecule has 0 spiro atoms. The molecule has 0 aliphatic heterocycles. The summed E-state index contributed by atoms with van der Waals surface area (Å²) in [4.78, 5) is 0. The van der Waals surface area contributed by atoms with Crippen molar-refractivity contribution in [3.05, 3.63) is 17.0 Å². The third-order valence-corrected chi connectivity index (χ3v) is 6.05. The van der Waals surface area contributed by atoms with Gasteiger partial charge in [-0.15, -0.1) is 11.3 Å². The molecule has 1 aromatic rings. The van der Waals surface area contributed by atoms with Crippen LogP contribution in [0.15, 0.2) is 15.7 Å². The number of ether oxygens (including phenoxy) is 1. The molecular formula is C13H22N2O3S2. The monoisotopic (exact) mass is 318 g/mol. The lowest BCUT2D eigenvalue weighted by Crippen LogP contribution is -2.29. The Morgan fingerprint density at radius 1 is 1.50 bits per heavy atom. The lowest BCUT2D eigenvalue weighted by molar-refractivity contribution is 0.161. The Labute approximate surface area is 124 Å². The Morgan fingerprint density at radius 3 is 2.90 bits per heavy atom. The quantitative estimate of drug-likeness (QED) is 0.725.